The Hall–Kier alpha value is -3.73. The maximum atomic E-state index is 12.7. The Bertz CT molecular complexity index is 1190. The first kappa shape index (κ1) is 19.6. The van der Waals surface area contributed by atoms with Crippen LogP contribution in [-0.2, 0) is 4.79 Å². The SMILES string of the molecule is CC[C@H](C)C(=O)Nc1ccc(-c2nc3ccc(C(=O)c4ccccc4)cc3[nH]2)cc1. The van der Waals surface area contributed by atoms with Gasteiger partial charge in [0.05, 0.1) is 11.0 Å². The third kappa shape index (κ3) is 4.01. The van der Waals surface area contributed by atoms with E-state index in [0.29, 0.717) is 17.0 Å². The Kier molecular flexibility index (Phi) is 5.44. The number of nitrogens with zero attached hydrogens (tertiary/aromatic N) is 1. The molecule has 4 rings (SSSR count). The second kappa shape index (κ2) is 8.33. The standard InChI is InChI=1S/C25H23N3O2/c1-3-16(2)25(30)26-20-12-9-18(10-13-20)24-27-21-14-11-19(15-22(21)28-24)23(29)17-7-5-4-6-8-17/h4-16H,3H2,1-2H3,(H,26,30)(H,27,28)/t16-/m0/s1. The maximum absolute atomic E-state index is 12.7. The highest BCUT2D eigenvalue weighted by Crippen LogP contribution is 2.24. The molecule has 1 aromatic heterocycles. The summed E-state index contributed by atoms with van der Waals surface area (Å²) in [4.78, 5) is 32.7. The summed E-state index contributed by atoms with van der Waals surface area (Å²) in [6.07, 6.45) is 0.803. The van der Waals surface area contributed by atoms with E-state index in [1.165, 1.54) is 0 Å². The van der Waals surface area contributed by atoms with Gasteiger partial charge in [-0.1, -0.05) is 44.2 Å². The minimum absolute atomic E-state index is 0.0181. The molecule has 1 atom stereocenters. The molecule has 0 fully saturated rings. The summed E-state index contributed by atoms with van der Waals surface area (Å²) in [5, 5.41) is 2.93. The minimum atomic E-state index is -0.0205. The predicted octanol–water partition coefficient (Wildman–Crippen LogP) is 5.45. The highest BCUT2D eigenvalue weighted by atomic mass is 16.1. The van der Waals surface area contributed by atoms with Gasteiger partial charge in [0.15, 0.2) is 5.78 Å². The number of carbonyl (C=O) groups is 2. The normalized spacial score (nSPS) is 11.9. The quantitative estimate of drug-likeness (QED) is 0.425. The highest BCUT2D eigenvalue weighted by molar-refractivity contribution is 6.10. The molecule has 0 bridgehead atoms. The first-order valence-corrected chi connectivity index (χ1v) is 10.1. The van der Waals surface area contributed by atoms with E-state index in [-0.39, 0.29) is 17.6 Å². The predicted molar refractivity (Wildman–Crippen MR) is 119 cm³/mol. The number of hydrogen-bond acceptors (Lipinski definition) is 3. The van der Waals surface area contributed by atoms with E-state index in [1.807, 2.05) is 80.6 Å². The number of H-pyrrole nitrogens is 1. The summed E-state index contributed by atoms with van der Waals surface area (Å²) in [5.41, 5.74) is 4.54. The van der Waals surface area contributed by atoms with Crippen molar-refractivity contribution in [1.29, 1.82) is 0 Å². The van der Waals surface area contributed by atoms with E-state index < -0.39 is 0 Å². The molecule has 30 heavy (non-hydrogen) atoms. The number of fused-ring (bicyclic) bond motifs is 1. The molecule has 4 aromatic rings. The zero-order chi connectivity index (χ0) is 21.1. The molecule has 0 aliphatic carbocycles. The van der Waals surface area contributed by atoms with Gasteiger partial charge in [-0.3, -0.25) is 9.59 Å². The van der Waals surface area contributed by atoms with E-state index in [4.69, 9.17) is 0 Å². The van der Waals surface area contributed by atoms with Crippen molar-refractivity contribution in [2.75, 3.05) is 5.32 Å². The van der Waals surface area contributed by atoms with Crippen LogP contribution in [0, 0.1) is 5.92 Å². The van der Waals surface area contributed by atoms with Crippen LogP contribution >= 0.6 is 0 Å². The van der Waals surface area contributed by atoms with Gasteiger partial charge in [-0.05, 0) is 48.9 Å². The molecule has 150 valence electrons. The Morgan fingerprint density at radius 3 is 2.40 bits per heavy atom. The lowest BCUT2D eigenvalue weighted by molar-refractivity contribution is -0.119. The molecule has 0 radical (unpaired) electrons. The van der Waals surface area contributed by atoms with Crippen LogP contribution in [0.1, 0.15) is 36.2 Å². The fourth-order valence-corrected chi connectivity index (χ4v) is 3.21. The third-order valence-corrected chi connectivity index (χ3v) is 5.27. The Morgan fingerprint density at radius 1 is 0.967 bits per heavy atom. The summed E-state index contributed by atoms with van der Waals surface area (Å²) >= 11 is 0. The van der Waals surface area contributed by atoms with Gasteiger partial charge in [-0.25, -0.2) is 4.98 Å². The number of aromatic amines is 1. The molecule has 0 saturated carbocycles. The monoisotopic (exact) mass is 397 g/mol. The van der Waals surface area contributed by atoms with E-state index in [0.717, 1.165) is 28.7 Å². The van der Waals surface area contributed by atoms with E-state index in [9.17, 15) is 9.59 Å². The summed E-state index contributed by atoms with van der Waals surface area (Å²) in [6, 6.07) is 22.3. The number of ketones is 1. The number of carbonyl (C=O) groups excluding carboxylic acids is 2. The van der Waals surface area contributed by atoms with Crippen LogP contribution in [0.5, 0.6) is 0 Å². The number of aromatic nitrogens is 2. The Balaban J connectivity index is 1.56. The van der Waals surface area contributed by atoms with Crippen molar-refractivity contribution < 1.29 is 9.59 Å². The van der Waals surface area contributed by atoms with Crippen molar-refractivity contribution in [2.45, 2.75) is 20.3 Å². The molecule has 5 nitrogen and oxygen atoms in total. The molecular weight excluding hydrogens is 374 g/mol. The van der Waals surface area contributed by atoms with Crippen molar-refractivity contribution in [2.24, 2.45) is 5.92 Å². The molecule has 0 unspecified atom stereocenters. The molecule has 0 saturated heterocycles. The van der Waals surface area contributed by atoms with Gasteiger partial charge in [0.25, 0.3) is 0 Å². The van der Waals surface area contributed by atoms with Gasteiger partial charge in [0.1, 0.15) is 5.82 Å². The minimum Gasteiger partial charge on any atom is -0.338 e. The van der Waals surface area contributed by atoms with Crippen LogP contribution in [0.25, 0.3) is 22.4 Å². The van der Waals surface area contributed by atoms with Crippen LogP contribution in [0.4, 0.5) is 5.69 Å². The second-order valence-electron chi connectivity index (χ2n) is 7.39. The van der Waals surface area contributed by atoms with Crippen molar-refractivity contribution in [1.82, 2.24) is 9.97 Å². The van der Waals surface area contributed by atoms with Crippen molar-refractivity contribution in [3.8, 4) is 11.4 Å². The van der Waals surface area contributed by atoms with Gasteiger partial charge < -0.3 is 10.3 Å². The molecule has 0 aliphatic rings. The molecule has 1 heterocycles. The number of benzene rings is 3. The van der Waals surface area contributed by atoms with E-state index in [1.54, 1.807) is 6.07 Å². The Labute approximate surface area is 175 Å². The lowest BCUT2D eigenvalue weighted by atomic mass is 10.0. The summed E-state index contributed by atoms with van der Waals surface area (Å²) in [6.45, 7) is 3.91. The molecular formula is C25H23N3O2. The van der Waals surface area contributed by atoms with Crippen LogP contribution in [-0.4, -0.2) is 21.7 Å². The third-order valence-electron chi connectivity index (χ3n) is 5.27. The molecule has 5 heteroatoms. The zero-order valence-electron chi connectivity index (χ0n) is 17.0. The first-order chi connectivity index (χ1) is 14.5. The van der Waals surface area contributed by atoms with E-state index >= 15 is 0 Å². The van der Waals surface area contributed by atoms with Crippen molar-refractivity contribution in [3.05, 3.63) is 83.9 Å². The lowest BCUT2D eigenvalue weighted by Crippen LogP contribution is -2.19. The highest BCUT2D eigenvalue weighted by Gasteiger charge is 2.13. The number of amides is 1. The molecule has 2 N–H and O–H groups in total. The summed E-state index contributed by atoms with van der Waals surface area (Å²) in [5.74, 6) is 0.696. The summed E-state index contributed by atoms with van der Waals surface area (Å²) < 4.78 is 0. The largest absolute Gasteiger partial charge is 0.338 e. The van der Waals surface area contributed by atoms with Gasteiger partial charge in [0.2, 0.25) is 5.91 Å². The smallest absolute Gasteiger partial charge is 0.227 e. The van der Waals surface area contributed by atoms with Gasteiger partial charge in [0, 0.05) is 28.3 Å². The van der Waals surface area contributed by atoms with Gasteiger partial charge in [-0.15, -0.1) is 0 Å². The number of anilines is 1. The van der Waals surface area contributed by atoms with Crippen LogP contribution < -0.4 is 5.32 Å². The fraction of sp³-hybridized carbons (Fsp3) is 0.160. The van der Waals surface area contributed by atoms with Crippen LogP contribution in [0.2, 0.25) is 0 Å². The summed E-state index contributed by atoms with van der Waals surface area (Å²) in [7, 11) is 0. The van der Waals surface area contributed by atoms with Crippen molar-refractivity contribution >= 4 is 28.4 Å². The zero-order valence-corrected chi connectivity index (χ0v) is 17.0. The first-order valence-electron chi connectivity index (χ1n) is 10.1. The number of rotatable bonds is 6. The molecule has 0 spiro atoms. The van der Waals surface area contributed by atoms with Crippen LogP contribution in [0.3, 0.4) is 0 Å². The van der Waals surface area contributed by atoms with Crippen molar-refractivity contribution in [3.63, 3.8) is 0 Å². The topological polar surface area (TPSA) is 74.8 Å². The van der Waals surface area contributed by atoms with Gasteiger partial charge >= 0.3 is 0 Å². The molecule has 1 amide bonds. The fourth-order valence-electron chi connectivity index (χ4n) is 3.21. The van der Waals surface area contributed by atoms with Crippen LogP contribution in [0.15, 0.2) is 72.8 Å². The molecule has 0 aliphatic heterocycles. The number of imidazole rings is 1. The number of hydrogen-bond donors (Lipinski definition) is 2. The number of nitrogens with one attached hydrogen (secondary N) is 2. The Morgan fingerprint density at radius 2 is 1.70 bits per heavy atom. The maximum Gasteiger partial charge on any atom is 0.227 e. The van der Waals surface area contributed by atoms with E-state index in [2.05, 4.69) is 15.3 Å². The lowest BCUT2D eigenvalue weighted by Gasteiger charge is -2.10. The average Bonchev–Trinajstić information content (AvgIpc) is 3.22. The second-order valence-corrected chi connectivity index (χ2v) is 7.39. The van der Waals surface area contributed by atoms with Gasteiger partial charge in [-0.2, -0.15) is 0 Å². The average molecular weight is 397 g/mol. The molecule has 3 aromatic carbocycles.